The minimum absolute atomic E-state index is 0.0214. The van der Waals surface area contributed by atoms with Gasteiger partial charge in [-0.15, -0.1) is 0 Å². The van der Waals surface area contributed by atoms with Crippen molar-refractivity contribution in [2.75, 3.05) is 13.2 Å². The minimum Gasteiger partial charge on any atom is -0.508 e. The number of phenols is 1. The first-order valence-corrected chi connectivity index (χ1v) is 19.0. The molecule has 0 aliphatic heterocycles. The number of carboxylic acids is 1. The normalized spacial score (nSPS) is 14.9. The van der Waals surface area contributed by atoms with E-state index < -0.39 is 89.6 Å². The summed E-state index contributed by atoms with van der Waals surface area (Å²) in [5.74, 6) is -4.92. The summed E-state index contributed by atoms with van der Waals surface area (Å²) in [6.07, 6.45) is -0.605. The number of aliphatic carboxylic acids is 1. The van der Waals surface area contributed by atoms with Crippen LogP contribution in [0.1, 0.15) is 79.9 Å². The molecule has 316 valence electrons. The molecule has 0 heterocycles. The molecule has 5 amide bonds. The van der Waals surface area contributed by atoms with Gasteiger partial charge in [0.15, 0.2) is 6.04 Å². The summed E-state index contributed by atoms with van der Waals surface area (Å²) in [6, 6.07) is 8.95. The second kappa shape index (κ2) is 22.0. The van der Waals surface area contributed by atoms with Crippen LogP contribution in [0.15, 0.2) is 54.6 Å². The maximum Gasteiger partial charge on any atom is 0.328 e. The lowest BCUT2D eigenvalue weighted by Gasteiger charge is -2.31. The minimum atomic E-state index is -1.41. The number of benzene rings is 2. The maximum atomic E-state index is 13.9. The molecule has 0 bridgehead atoms. The number of nitrogens with one attached hydrogen (secondary N) is 5. The Balaban J connectivity index is 2.22. The summed E-state index contributed by atoms with van der Waals surface area (Å²) < 4.78 is 11.6. The highest BCUT2D eigenvalue weighted by molar-refractivity contribution is 5.95. The Morgan fingerprint density at radius 3 is 1.79 bits per heavy atom. The summed E-state index contributed by atoms with van der Waals surface area (Å²) in [7, 11) is 0. The lowest BCUT2D eigenvalue weighted by Crippen LogP contribution is -2.59. The predicted molar refractivity (Wildman–Crippen MR) is 214 cm³/mol. The molecule has 2 rings (SSSR count). The number of rotatable bonds is 21. The highest BCUT2D eigenvalue weighted by Crippen LogP contribution is 2.15. The molecule has 0 aliphatic rings. The first kappa shape index (κ1) is 48.1. The van der Waals surface area contributed by atoms with Gasteiger partial charge in [0, 0.05) is 6.42 Å². The largest absolute Gasteiger partial charge is 0.508 e. The average Bonchev–Trinajstić information content (AvgIpc) is 3.10. The van der Waals surface area contributed by atoms with Crippen molar-refractivity contribution in [1.29, 1.82) is 0 Å². The van der Waals surface area contributed by atoms with E-state index in [0.29, 0.717) is 11.1 Å². The highest BCUT2D eigenvalue weighted by atomic mass is 16.5. The Hall–Kier alpha value is -5.06. The Bertz CT molecular complexity index is 1640. The molecule has 0 radical (unpaired) electrons. The van der Waals surface area contributed by atoms with Gasteiger partial charge in [-0.05, 0) is 90.5 Å². The van der Waals surface area contributed by atoms with Crippen molar-refractivity contribution in [2.45, 2.75) is 129 Å². The molecule has 0 saturated carbocycles. The number of carboxylic acid groups (broad SMARTS) is 1. The molecular weight excluding hydrogens is 736 g/mol. The number of phenolic OH excluding ortho intramolecular Hbond substituents is 1. The van der Waals surface area contributed by atoms with Crippen LogP contribution in [-0.2, 0) is 51.1 Å². The summed E-state index contributed by atoms with van der Waals surface area (Å²) in [5.41, 5.74) is 6.15. The van der Waals surface area contributed by atoms with Crippen LogP contribution in [0.25, 0.3) is 0 Å². The molecule has 16 heteroatoms. The monoisotopic (exact) mass is 798 g/mol. The second-order valence-corrected chi connectivity index (χ2v) is 16.4. The van der Waals surface area contributed by atoms with Crippen molar-refractivity contribution in [2.24, 2.45) is 11.7 Å². The number of nitrogens with two attached hydrogens (primary N) is 1. The Labute approximate surface area is 335 Å². The molecule has 0 unspecified atom stereocenters. The van der Waals surface area contributed by atoms with Crippen LogP contribution in [0, 0.1) is 5.92 Å². The van der Waals surface area contributed by atoms with Gasteiger partial charge in [-0.1, -0.05) is 56.3 Å². The quantitative estimate of drug-likeness (QED) is 0.0904. The zero-order valence-corrected chi connectivity index (χ0v) is 34.5. The number of hydrogen-bond donors (Lipinski definition) is 8. The lowest BCUT2D eigenvalue weighted by atomic mass is 10.0. The molecule has 0 spiro atoms. The summed E-state index contributed by atoms with van der Waals surface area (Å²) >= 11 is 0. The van der Waals surface area contributed by atoms with Gasteiger partial charge < -0.3 is 52.0 Å². The summed E-state index contributed by atoms with van der Waals surface area (Å²) in [4.78, 5) is 79.3. The van der Waals surface area contributed by atoms with Gasteiger partial charge in [0.2, 0.25) is 29.5 Å². The molecule has 2 aromatic carbocycles. The van der Waals surface area contributed by atoms with Crippen LogP contribution < -0.4 is 32.3 Å². The van der Waals surface area contributed by atoms with Crippen molar-refractivity contribution in [1.82, 2.24) is 26.6 Å². The molecule has 6 atom stereocenters. The van der Waals surface area contributed by atoms with Gasteiger partial charge in [-0.3, -0.25) is 24.0 Å². The van der Waals surface area contributed by atoms with Gasteiger partial charge in [0.1, 0.15) is 23.9 Å². The number of carbonyl (C=O) groups excluding carboxylic acids is 5. The van der Waals surface area contributed by atoms with Gasteiger partial charge in [0.05, 0.1) is 36.5 Å². The summed E-state index contributed by atoms with van der Waals surface area (Å²) in [5, 5.41) is 32.4. The van der Waals surface area contributed by atoms with Gasteiger partial charge in [-0.2, -0.15) is 0 Å². The van der Waals surface area contributed by atoms with E-state index in [2.05, 4.69) is 26.6 Å². The average molecular weight is 799 g/mol. The van der Waals surface area contributed by atoms with E-state index in [0.717, 1.165) is 0 Å². The van der Waals surface area contributed by atoms with E-state index in [1.54, 1.807) is 84.0 Å². The lowest BCUT2D eigenvalue weighted by molar-refractivity contribution is -0.150. The first-order valence-electron chi connectivity index (χ1n) is 19.0. The Kier molecular flexibility index (Phi) is 18.6. The Morgan fingerprint density at radius 1 is 0.684 bits per heavy atom. The number of aromatic hydroxyl groups is 1. The van der Waals surface area contributed by atoms with E-state index in [1.165, 1.54) is 19.1 Å². The zero-order valence-electron chi connectivity index (χ0n) is 34.5. The van der Waals surface area contributed by atoms with E-state index in [9.17, 15) is 39.0 Å². The smallest absolute Gasteiger partial charge is 0.328 e. The SMILES string of the molecule is CC(C)C[C@H](NC(=O)[C@H](Cc1ccccc1)NC(=O)CNC(=O)[C@@H](COC(C)(C)C)NC(=O)[C@@H](N)Cc1ccc(O)cc1)C(=O)N[C@H](C(=O)O)[C@@H](C)OC(C)(C)C. The van der Waals surface area contributed by atoms with Crippen molar-refractivity contribution in [3.63, 3.8) is 0 Å². The molecule has 0 saturated heterocycles. The molecule has 0 fully saturated rings. The molecule has 0 aliphatic carbocycles. The third-order valence-corrected chi connectivity index (χ3v) is 8.32. The number of hydrogen-bond acceptors (Lipinski definition) is 10. The van der Waals surface area contributed by atoms with Crippen LogP contribution in [0.4, 0.5) is 0 Å². The fourth-order valence-electron chi connectivity index (χ4n) is 5.60. The van der Waals surface area contributed by atoms with Crippen molar-refractivity contribution >= 4 is 35.5 Å². The number of ether oxygens (including phenoxy) is 2. The van der Waals surface area contributed by atoms with Crippen LogP contribution >= 0.6 is 0 Å². The fourth-order valence-corrected chi connectivity index (χ4v) is 5.60. The number of amides is 5. The molecule has 9 N–H and O–H groups in total. The number of carbonyl (C=O) groups is 6. The second-order valence-electron chi connectivity index (χ2n) is 16.4. The maximum absolute atomic E-state index is 13.9. The van der Waals surface area contributed by atoms with Gasteiger partial charge >= 0.3 is 5.97 Å². The van der Waals surface area contributed by atoms with Crippen molar-refractivity contribution in [3.8, 4) is 5.75 Å². The van der Waals surface area contributed by atoms with E-state index in [4.69, 9.17) is 15.2 Å². The van der Waals surface area contributed by atoms with Crippen molar-refractivity contribution in [3.05, 3.63) is 65.7 Å². The predicted octanol–water partition coefficient (Wildman–Crippen LogP) is 1.71. The molecule has 0 aromatic heterocycles. The van der Waals surface area contributed by atoms with Crippen LogP contribution in [0.3, 0.4) is 0 Å². The van der Waals surface area contributed by atoms with Crippen LogP contribution in [0.2, 0.25) is 0 Å². The molecular formula is C41H62N6O10. The van der Waals surface area contributed by atoms with E-state index in [1.807, 2.05) is 13.8 Å². The topological polar surface area (TPSA) is 248 Å². The zero-order chi connectivity index (χ0) is 43.1. The third kappa shape index (κ3) is 18.6. The molecule has 16 nitrogen and oxygen atoms in total. The standard InChI is InChI=1S/C41H62N6O10/c1-24(2)19-30(38(53)47-34(39(54)55)25(3)57-41(7,8)9)45-37(52)31(21-26-13-11-10-12-14-26)44-33(49)22-43-36(51)32(23-56-40(4,5)6)46-35(50)29(42)20-27-15-17-28(48)18-16-27/h10-18,24-25,29-32,34,48H,19-23,42H2,1-9H3,(H,43,51)(H,44,49)(H,45,52)(H,46,50)(H,47,53)(H,54,55)/t25-,29+,30+,31+,32-,34+/m1/s1. The Morgan fingerprint density at radius 2 is 1.25 bits per heavy atom. The van der Waals surface area contributed by atoms with Crippen LogP contribution in [0.5, 0.6) is 5.75 Å². The highest BCUT2D eigenvalue weighted by Gasteiger charge is 2.35. The van der Waals surface area contributed by atoms with E-state index >= 15 is 0 Å². The van der Waals surface area contributed by atoms with Crippen LogP contribution in [-0.4, -0.2) is 106 Å². The fraction of sp³-hybridized carbons (Fsp3) is 0.561. The third-order valence-electron chi connectivity index (χ3n) is 8.32. The van der Waals surface area contributed by atoms with Gasteiger partial charge in [-0.25, -0.2) is 4.79 Å². The molecule has 2 aromatic rings. The first-order chi connectivity index (χ1) is 26.4. The van der Waals surface area contributed by atoms with Gasteiger partial charge in [0.25, 0.3) is 0 Å². The summed E-state index contributed by atoms with van der Waals surface area (Å²) in [6.45, 7) is 15.0. The van der Waals surface area contributed by atoms with E-state index in [-0.39, 0.29) is 37.5 Å². The molecule has 57 heavy (non-hydrogen) atoms. The van der Waals surface area contributed by atoms with Crippen molar-refractivity contribution < 1.29 is 48.5 Å².